The molecule has 0 heterocycles. The molecule has 3 saturated carbocycles. The van der Waals surface area contributed by atoms with Crippen molar-refractivity contribution in [1.82, 2.24) is 4.90 Å². The van der Waals surface area contributed by atoms with Crippen LogP contribution in [0.15, 0.2) is 0 Å². The monoisotopic (exact) mass is 264 g/mol. The molecule has 0 aromatic carbocycles. The Morgan fingerprint density at radius 2 is 1.89 bits per heavy atom. The van der Waals surface area contributed by atoms with Gasteiger partial charge in [-0.2, -0.15) is 0 Å². The van der Waals surface area contributed by atoms with Crippen LogP contribution in [0, 0.1) is 17.8 Å². The van der Waals surface area contributed by atoms with E-state index in [1.807, 2.05) is 0 Å². The summed E-state index contributed by atoms with van der Waals surface area (Å²) in [4.78, 5) is 14.7. The zero-order valence-corrected chi connectivity index (χ0v) is 12.0. The van der Waals surface area contributed by atoms with Crippen molar-refractivity contribution in [2.75, 3.05) is 13.1 Å². The third-order valence-electron chi connectivity index (χ3n) is 5.78. The molecule has 3 unspecified atom stereocenters. The number of carbonyl (C=O) groups is 1. The number of hydrogen-bond donors (Lipinski definition) is 1. The standard InChI is InChI=1S/C16H28N2O/c17-7-8-18(15-3-1-2-4-15)16(19)11-14-10-12-5-6-13(14)9-12/h12-15H,1-11,17H2. The summed E-state index contributed by atoms with van der Waals surface area (Å²) >= 11 is 0. The lowest BCUT2D eigenvalue weighted by Crippen LogP contribution is -2.42. The number of nitrogens with zero attached hydrogens (tertiary/aromatic N) is 1. The minimum atomic E-state index is 0.398. The summed E-state index contributed by atoms with van der Waals surface area (Å²) in [6.45, 7) is 1.38. The molecule has 0 spiro atoms. The van der Waals surface area contributed by atoms with Crippen molar-refractivity contribution >= 4 is 5.91 Å². The van der Waals surface area contributed by atoms with E-state index in [2.05, 4.69) is 4.90 Å². The van der Waals surface area contributed by atoms with Crippen molar-refractivity contribution in [1.29, 1.82) is 0 Å². The first-order valence-corrected chi connectivity index (χ1v) is 8.27. The van der Waals surface area contributed by atoms with Crippen LogP contribution in [0.25, 0.3) is 0 Å². The van der Waals surface area contributed by atoms with Gasteiger partial charge in [0, 0.05) is 25.6 Å². The maximum atomic E-state index is 12.6. The normalized spacial score (nSPS) is 34.1. The van der Waals surface area contributed by atoms with Gasteiger partial charge in [0.05, 0.1) is 0 Å². The Bertz CT molecular complexity index is 325. The molecule has 3 aliphatic rings. The van der Waals surface area contributed by atoms with Gasteiger partial charge in [0.2, 0.25) is 5.91 Å². The number of carbonyl (C=O) groups excluding carboxylic acids is 1. The minimum absolute atomic E-state index is 0.398. The molecule has 2 bridgehead atoms. The van der Waals surface area contributed by atoms with E-state index in [4.69, 9.17) is 5.73 Å². The Labute approximate surface area is 116 Å². The summed E-state index contributed by atoms with van der Waals surface area (Å²) in [6.07, 6.45) is 11.3. The minimum Gasteiger partial charge on any atom is -0.338 e. The molecule has 0 aromatic rings. The van der Waals surface area contributed by atoms with Gasteiger partial charge < -0.3 is 10.6 Å². The molecule has 0 saturated heterocycles. The van der Waals surface area contributed by atoms with Gasteiger partial charge in [0.1, 0.15) is 0 Å². The summed E-state index contributed by atoms with van der Waals surface area (Å²) in [6, 6.07) is 0.495. The lowest BCUT2D eigenvalue weighted by Gasteiger charge is -2.31. The molecular formula is C16H28N2O. The molecule has 3 fully saturated rings. The molecule has 3 aliphatic carbocycles. The average molecular weight is 264 g/mol. The average Bonchev–Trinajstić information content (AvgIpc) is 3.12. The van der Waals surface area contributed by atoms with Crippen LogP contribution in [0.1, 0.15) is 57.8 Å². The molecule has 0 radical (unpaired) electrons. The summed E-state index contributed by atoms with van der Waals surface area (Å²) in [7, 11) is 0. The number of fused-ring (bicyclic) bond motifs is 2. The molecule has 3 nitrogen and oxygen atoms in total. The first-order chi connectivity index (χ1) is 9.28. The topological polar surface area (TPSA) is 46.3 Å². The van der Waals surface area contributed by atoms with Gasteiger partial charge in [-0.25, -0.2) is 0 Å². The molecular weight excluding hydrogens is 236 g/mol. The quantitative estimate of drug-likeness (QED) is 0.829. The smallest absolute Gasteiger partial charge is 0.223 e. The van der Waals surface area contributed by atoms with Crippen LogP contribution in [0.4, 0.5) is 0 Å². The number of nitrogens with two attached hydrogens (primary N) is 1. The fourth-order valence-corrected chi connectivity index (χ4v) is 4.83. The maximum Gasteiger partial charge on any atom is 0.223 e. The molecule has 19 heavy (non-hydrogen) atoms. The van der Waals surface area contributed by atoms with Crippen molar-refractivity contribution in [3.05, 3.63) is 0 Å². The van der Waals surface area contributed by atoms with E-state index in [9.17, 15) is 4.79 Å². The second-order valence-electron chi connectivity index (χ2n) is 6.95. The second-order valence-corrected chi connectivity index (χ2v) is 6.95. The van der Waals surface area contributed by atoms with Gasteiger partial charge >= 0.3 is 0 Å². The van der Waals surface area contributed by atoms with Crippen LogP contribution in [-0.4, -0.2) is 29.9 Å². The lowest BCUT2D eigenvalue weighted by molar-refractivity contribution is -0.134. The third-order valence-corrected chi connectivity index (χ3v) is 5.78. The van der Waals surface area contributed by atoms with Crippen molar-refractivity contribution in [2.45, 2.75) is 63.8 Å². The van der Waals surface area contributed by atoms with Gasteiger partial charge in [-0.15, -0.1) is 0 Å². The van der Waals surface area contributed by atoms with E-state index in [1.165, 1.54) is 51.4 Å². The molecule has 0 aliphatic heterocycles. The summed E-state index contributed by atoms with van der Waals surface area (Å²) in [5.74, 6) is 2.89. The van der Waals surface area contributed by atoms with E-state index in [-0.39, 0.29) is 0 Å². The molecule has 3 heteroatoms. The van der Waals surface area contributed by atoms with Crippen molar-refractivity contribution < 1.29 is 4.79 Å². The Balaban J connectivity index is 1.57. The van der Waals surface area contributed by atoms with E-state index < -0.39 is 0 Å². The molecule has 3 atom stereocenters. The Hall–Kier alpha value is -0.570. The molecule has 1 amide bonds. The highest BCUT2D eigenvalue weighted by Gasteiger charge is 2.41. The van der Waals surface area contributed by atoms with Crippen LogP contribution in [0.5, 0.6) is 0 Å². The predicted molar refractivity (Wildman–Crippen MR) is 76.6 cm³/mol. The number of hydrogen-bond acceptors (Lipinski definition) is 2. The van der Waals surface area contributed by atoms with E-state index >= 15 is 0 Å². The Morgan fingerprint density at radius 1 is 1.11 bits per heavy atom. The molecule has 0 aromatic heterocycles. The molecule has 3 rings (SSSR count). The Morgan fingerprint density at radius 3 is 2.47 bits per heavy atom. The lowest BCUT2D eigenvalue weighted by atomic mass is 9.86. The van der Waals surface area contributed by atoms with Crippen molar-refractivity contribution in [2.24, 2.45) is 23.5 Å². The fourth-order valence-electron chi connectivity index (χ4n) is 4.83. The van der Waals surface area contributed by atoms with Crippen LogP contribution in [0.3, 0.4) is 0 Å². The second kappa shape index (κ2) is 5.82. The van der Waals surface area contributed by atoms with Gasteiger partial charge in [0.15, 0.2) is 0 Å². The van der Waals surface area contributed by atoms with E-state index in [1.54, 1.807) is 0 Å². The van der Waals surface area contributed by atoms with Crippen molar-refractivity contribution in [3.8, 4) is 0 Å². The number of rotatable bonds is 5. The van der Waals surface area contributed by atoms with Crippen LogP contribution in [0.2, 0.25) is 0 Å². The van der Waals surface area contributed by atoms with E-state index in [0.717, 1.165) is 24.8 Å². The maximum absolute atomic E-state index is 12.6. The summed E-state index contributed by atoms with van der Waals surface area (Å²) < 4.78 is 0. The molecule has 2 N–H and O–H groups in total. The van der Waals surface area contributed by atoms with Crippen LogP contribution >= 0.6 is 0 Å². The third kappa shape index (κ3) is 2.81. The van der Waals surface area contributed by atoms with Crippen LogP contribution < -0.4 is 5.73 Å². The van der Waals surface area contributed by atoms with Crippen LogP contribution in [-0.2, 0) is 4.79 Å². The van der Waals surface area contributed by atoms with E-state index in [0.29, 0.717) is 24.4 Å². The zero-order valence-electron chi connectivity index (χ0n) is 12.0. The first-order valence-electron chi connectivity index (χ1n) is 8.27. The van der Waals surface area contributed by atoms with Gasteiger partial charge in [0.25, 0.3) is 0 Å². The SMILES string of the molecule is NCCN(C(=O)CC1CC2CCC1C2)C1CCCC1. The van der Waals surface area contributed by atoms with Gasteiger partial charge in [-0.1, -0.05) is 19.3 Å². The largest absolute Gasteiger partial charge is 0.338 e. The van der Waals surface area contributed by atoms with Crippen molar-refractivity contribution in [3.63, 3.8) is 0 Å². The first kappa shape index (κ1) is 13.4. The summed E-state index contributed by atoms with van der Waals surface area (Å²) in [5, 5.41) is 0. The highest BCUT2D eigenvalue weighted by molar-refractivity contribution is 5.77. The summed E-state index contributed by atoms with van der Waals surface area (Å²) in [5.41, 5.74) is 5.71. The Kier molecular flexibility index (Phi) is 4.11. The highest BCUT2D eigenvalue weighted by atomic mass is 16.2. The fraction of sp³-hybridized carbons (Fsp3) is 0.938. The predicted octanol–water partition coefficient (Wildman–Crippen LogP) is 2.54. The number of amides is 1. The van der Waals surface area contributed by atoms with Gasteiger partial charge in [-0.05, 0) is 49.9 Å². The highest BCUT2D eigenvalue weighted by Crippen LogP contribution is 2.49. The van der Waals surface area contributed by atoms with Gasteiger partial charge in [-0.3, -0.25) is 4.79 Å². The zero-order chi connectivity index (χ0) is 13.2. The molecule has 108 valence electrons.